The van der Waals surface area contributed by atoms with E-state index in [-0.39, 0.29) is 5.91 Å². The smallest absolute Gasteiger partial charge is 0.220 e. The van der Waals surface area contributed by atoms with Gasteiger partial charge in [-0.25, -0.2) is 0 Å². The van der Waals surface area contributed by atoms with Crippen LogP contribution in [-0.4, -0.2) is 15.4 Å². The number of carbonyl (C=O) groups is 1. The molecule has 9 heavy (non-hydrogen) atoms. The van der Waals surface area contributed by atoms with Crippen LogP contribution in [0.2, 0.25) is 12.6 Å². The first-order chi connectivity index (χ1) is 4.16. The third-order valence-electron chi connectivity index (χ3n) is 0.690. The molecule has 0 aromatic carbocycles. The van der Waals surface area contributed by atoms with Gasteiger partial charge in [0, 0.05) is 21.3 Å². The van der Waals surface area contributed by atoms with Gasteiger partial charge in [0.1, 0.15) is 0 Å². The lowest BCUT2D eigenvalue weighted by Crippen LogP contribution is -2.20. The fourth-order valence-electron chi connectivity index (χ4n) is 0.443. The van der Waals surface area contributed by atoms with Gasteiger partial charge >= 0.3 is 0 Å². The lowest BCUT2D eigenvalue weighted by molar-refractivity contribution is -0.118. The number of allylic oxidation sites excluding steroid dienone is 1. The van der Waals surface area contributed by atoms with Gasteiger partial charge in [0.15, 0.2) is 0 Å². The highest BCUT2D eigenvalue weighted by atomic mass is 28.2. The van der Waals surface area contributed by atoms with E-state index in [2.05, 4.69) is 11.9 Å². The molecule has 0 saturated carbocycles. The minimum absolute atomic E-state index is 0.0725. The number of nitrogens with one attached hydrogen (secondary N) is 1. The van der Waals surface area contributed by atoms with Gasteiger partial charge in [0.2, 0.25) is 5.91 Å². The van der Waals surface area contributed by atoms with E-state index in [1.54, 1.807) is 6.92 Å². The van der Waals surface area contributed by atoms with Crippen molar-refractivity contribution in [3.05, 3.63) is 12.3 Å². The van der Waals surface area contributed by atoms with Crippen LogP contribution in [0.3, 0.4) is 0 Å². The summed E-state index contributed by atoms with van der Waals surface area (Å²) in [7, 11) is 0.684. The Bertz CT molecular complexity index is 122. The molecule has 0 bridgehead atoms. The van der Waals surface area contributed by atoms with Crippen molar-refractivity contribution in [1.82, 2.24) is 5.32 Å². The van der Waals surface area contributed by atoms with E-state index in [0.29, 0.717) is 15.6 Å². The second-order valence-electron chi connectivity index (χ2n) is 1.86. The summed E-state index contributed by atoms with van der Waals surface area (Å²) < 4.78 is 0. The maximum absolute atomic E-state index is 10.7. The van der Waals surface area contributed by atoms with Crippen molar-refractivity contribution in [2.24, 2.45) is 0 Å². The van der Waals surface area contributed by atoms with E-state index >= 15 is 0 Å². The molecule has 0 aromatic rings. The molecule has 0 saturated heterocycles. The molecule has 0 aromatic heterocycles. The van der Waals surface area contributed by atoms with Crippen LogP contribution in [0.4, 0.5) is 0 Å². The number of hydrogen-bond donors (Lipinski definition) is 1. The number of rotatable bonds is 3. The normalized spacial score (nSPS) is 8.67. The topological polar surface area (TPSA) is 29.1 Å². The minimum Gasteiger partial charge on any atom is -0.331 e. The van der Waals surface area contributed by atoms with E-state index < -0.39 is 0 Å². The van der Waals surface area contributed by atoms with Crippen molar-refractivity contribution in [3.63, 3.8) is 0 Å². The highest BCUT2D eigenvalue weighted by molar-refractivity contribution is 6.39. The Morgan fingerprint density at radius 2 is 2.33 bits per heavy atom. The highest BCUT2D eigenvalue weighted by Crippen LogP contribution is 1.82. The molecule has 0 aliphatic rings. The van der Waals surface area contributed by atoms with E-state index in [1.165, 1.54) is 0 Å². The molecule has 0 aliphatic heterocycles. The van der Waals surface area contributed by atoms with Crippen LogP contribution >= 0.6 is 0 Å². The van der Waals surface area contributed by atoms with Gasteiger partial charge in [-0.15, -0.1) is 0 Å². The van der Waals surface area contributed by atoms with Crippen molar-refractivity contribution >= 4 is 15.4 Å². The lowest BCUT2D eigenvalue weighted by atomic mass is 10.5. The van der Waals surface area contributed by atoms with Crippen molar-refractivity contribution in [3.8, 4) is 0 Å². The van der Waals surface area contributed by atoms with Crippen LogP contribution in [0.1, 0.15) is 6.92 Å². The molecule has 3 heteroatoms. The SMILES string of the molecule is C=C(C)NC(=O)C[Si]C. The predicted molar refractivity (Wildman–Crippen MR) is 39.4 cm³/mol. The second-order valence-corrected chi connectivity index (χ2v) is 2.92. The molecular weight excluding hydrogens is 130 g/mol. The van der Waals surface area contributed by atoms with Crippen molar-refractivity contribution in [2.45, 2.75) is 19.5 Å². The van der Waals surface area contributed by atoms with Gasteiger partial charge in [0.25, 0.3) is 0 Å². The zero-order chi connectivity index (χ0) is 7.28. The highest BCUT2D eigenvalue weighted by Gasteiger charge is 1.96. The molecule has 2 nitrogen and oxygen atoms in total. The van der Waals surface area contributed by atoms with Gasteiger partial charge in [-0.05, 0) is 6.92 Å². The standard InChI is InChI=1S/C6H11NOSi/c1-5(2)7-6(8)4-9-3/h1,4H2,2-3H3,(H,7,8). The summed E-state index contributed by atoms with van der Waals surface area (Å²) in [6.07, 6.45) is 0. The molecule has 0 fully saturated rings. The first kappa shape index (κ1) is 8.43. The van der Waals surface area contributed by atoms with E-state index in [0.717, 1.165) is 5.70 Å². The van der Waals surface area contributed by atoms with Crippen LogP contribution in [-0.2, 0) is 4.79 Å². The third kappa shape index (κ3) is 5.30. The van der Waals surface area contributed by atoms with Gasteiger partial charge in [-0.3, -0.25) is 4.79 Å². The summed E-state index contributed by atoms with van der Waals surface area (Å²) in [5.74, 6) is 0.0725. The van der Waals surface area contributed by atoms with Crippen LogP contribution < -0.4 is 5.32 Å². The summed E-state index contributed by atoms with van der Waals surface area (Å²) in [5.41, 5.74) is 0.721. The molecule has 2 radical (unpaired) electrons. The first-order valence-electron chi connectivity index (χ1n) is 2.76. The summed E-state index contributed by atoms with van der Waals surface area (Å²) >= 11 is 0. The van der Waals surface area contributed by atoms with Gasteiger partial charge in [-0.2, -0.15) is 0 Å². The molecule has 1 N–H and O–H groups in total. The fourth-order valence-corrected chi connectivity index (χ4v) is 0.852. The zero-order valence-corrected chi connectivity index (χ0v) is 6.82. The number of amides is 1. The molecule has 50 valence electrons. The maximum Gasteiger partial charge on any atom is 0.220 e. The van der Waals surface area contributed by atoms with Gasteiger partial charge in [0.05, 0.1) is 0 Å². The Morgan fingerprint density at radius 1 is 1.78 bits per heavy atom. The van der Waals surface area contributed by atoms with Crippen LogP contribution in [0, 0.1) is 0 Å². The summed E-state index contributed by atoms with van der Waals surface area (Å²) in [6.45, 7) is 7.32. The fraction of sp³-hybridized carbons (Fsp3) is 0.500. The quantitative estimate of drug-likeness (QED) is 0.579. The summed E-state index contributed by atoms with van der Waals surface area (Å²) in [4.78, 5) is 10.7. The molecule has 0 aliphatic carbocycles. The largest absolute Gasteiger partial charge is 0.331 e. The summed E-state index contributed by atoms with van der Waals surface area (Å²) in [6, 6.07) is 0.618. The molecule has 0 heterocycles. The summed E-state index contributed by atoms with van der Waals surface area (Å²) in [5, 5.41) is 2.62. The third-order valence-corrected chi connectivity index (χ3v) is 1.36. The van der Waals surface area contributed by atoms with Crippen molar-refractivity contribution in [1.29, 1.82) is 0 Å². The average molecular weight is 141 g/mol. The molecule has 0 unspecified atom stereocenters. The van der Waals surface area contributed by atoms with Crippen LogP contribution in [0.25, 0.3) is 0 Å². The Balaban J connectivity index is 3.39. The Hall–Kier alpha value is -0.573. The molecule has 0 atom stereocenters. The van der Waals surface area contributed by atoms with Crippen molar-refractivity contribution < 1.29 is 4.79 Å². The molecule has 1 amide bonds. The number of hydrogen-bond acceptors (Lipinski definition) is 1. The Morgan fingerprint density at radius 3 is 2.67 bits per heavy atom. The maximum atomic E-state index is 10.7. The predicted octanol–water partition coefficient (Wildman–Crippen LogP) is 0.807. The minimum atomic E-state index is 0.0725. The Kier molecular flexibility index (Phi) is 4.04. The molecule has 0 rings (SSSR count). The van der Waals surface area contributed by atoms with Gasteiger partial charge < -0.3 is 5.32 Å². The van der Waals surface area contributed by atoms with Crippen LogP contribution in [0.15, 0.2) is 12.3 Å². The number of carbonyl (C=O) groups excluding carboxylic acids is 1. The van der Waals surface area contributed by atoms with E-state index in [4.69, 9.17) is 0 Å². The van der Waals surface area contributed by atoms with Crippen LogP contribution in [0.5, 0.6) is 0 Å². The van der Waals surface area contributed by atoms with Crippen molar-refractivity contribution in [2.75, 3.05) is 0 Å². The van der Waals surface area contributed by atoms with Gasteiger partial charge in [-0.1, -0.05) is 13.1 Å². The first-order valence-corrected chi connectivity index (χ1v) is 4.47. The van der Waals surface area contributed by atoms with E-state index in [1.807, 2.05) is 6.55 Å². The molecular formula is C6H11NOSi. The average Bonchev–Trinajstić information content (AvgIpc) is 1.63. The lowest BCUT2D eigenvalue weighted by Gasteiger charge is -1.99. The van der Waals surface area contributed by atoms with E-state index in [9.17, 15) is 4.79 Å². The monoisotopic (exact) mass is 141 g/mol. The zero-order valence-electron chi connectivity index (χ0n) is 5.82. The Labute approximate surface area is 58.2 Å². The molecule has 0 spiro atoms. The second kappa shape index (κ2) is 4.32.